The molecule has 0 atom stereocenters. The Morgan fingerprint density at radius 2 is 1.68 bits per heavy atom. The van der Waals surface area contributed by atoms with Crippen LogP contribution in [0.2, 0.25) is 5.02 Å². The maximum absolute atomic E-state index is 13.2. The Morgan fingerprint density at radius 3 is 2.20 bits per heavy atom. The van der Waals surface area contributed by atoms with Gasteiger partial charge in [-0.05, 0) is 41.2 Å². The minimum atomic E-state index is -0.482. The number of benzene rings is 2. The van der Waals surface area contributed by atoms with Crippen LogP contribution in [0.1, 0.15) is 50.7 Å². The first-order valence-corrected chi connectivity index (χ1v) is 8.79. The average molecular weight is 363 g/mol. The molecule has 0 spiro atoms. The van der Waals surface area contributed by atoms with Gasteiger partial charge < -0.3 is 10.6 Å². The molecule has 2 rings (SSSR count). The zero-order valence-corrected chi connectivity index (χ0v) is 15.7. The van der Waals surface area contributed by atoms with E-state index in [1.54, 1.807) is 6.07 Å². The molecule has 0 fully saturated rings. The van der Waals surface area contributed by atoms with Gasteiger partial charge in [-0.3, -0.25) is 4.79 Å². The fourth-order valence-electron chi connectivity index (χ4n) is 2.67. The van der Waals surface area contributed by atoms with Crippen molar-refractivity contribution < 1.29 is 9.18 Å². The maximum atomic E-state index is 13.2. The standard InChI is InChI=1S/C20H24ClFN2O/c1-12(2)15-6-5-7-16(13(3)4)20(15)24-19(25)11-23-14-8-9-18(22)17(21)10-14/h5-10,12-13,23H,11H2,1-4H3,(H,24,25). The number of amides is 1. The van der Waals surface area contributed by atoms with Crippen LogP contribution < -0.4 is 10.6 Å². The topological polar surface area (TPSA) is 41.1 Å². The summed E-state index contributed by atoms with van der Waals surface area (Å²) in [6.07, 6.45) is 0. The molecule has 0 heterocycles. The molecule has 25 heavy (non-hydrogen) atoms. The van der Waals surface area contributed by atoms with Crippen molar-refractivity contribution in [2.45, 2.75) is 39.5 Å². The maximum Gasteiger partial charge on any atom is 0.243 e. The molecule has 5 heteroatoms. The Hall–Kier alpha value is -2.07. The van der Waals surface area contributed by atoms with E-state index in [9.17, 15) is 9.18 Å². The molecule has 0 aromatic heterocycles. The number of carbonyl (C=O) groups is 1. The molecular formula is C20H24ClFN2O. The second kappa shape index (κ2) is 8.34. The highest BCUT2D eigenvalue weighted by Gasteiger charge is 2.15. The minimum Gasteiger partial charge on any atom is -0.376 e. The van der Waals surface area contributed by atoms with Gasteiger partial charge in [-0.2, -0.15) is 0 Å². The number of para-hydroxylation sites is 1. The van der Waals surface area contributed by atoms with Crippen molar-refractivity contribution >= 4 is 28.9 Å². The molecule has 2 N–H and O–H groups in total. The summed E-state index contributed by atoms with van der Waals surface area (Å²) in [7, 11) is 0. The number of anilines is 2. The first-order chi connectivity index (χ1) is 11.8. The van der Waals surface area contributed by atoms with Crippen molar-refractivity contribution in [1.29, 1.82) is 0 Å². The summed E-state index contributed by atoms with van der Waals surface area (Å²) in [6.45, 7) is 8.50. The van der Waals surface area contributed by atoms with E-state index in [4.69, 9.17) is 11.6 Å². The number of rotatable bonds is 6. The third kappa shape index (κ3) is 4.95. The van der Waals surface area contributed by atoms with Gasteiger partial charge in [0.25, 0.3) is 0 Å². The van der Waals surface area contributed by atoms with Crippen LogP contribution in [-0.2, 0) is 4.79 Å². The fraction of sp³-hybridized carbons (Fsp3) is 0.350. The Bertz CT molecular complexity index is 733. The van der Waals surface area contributed by atoms with Gasteiger partial charge in [0.05, 0.1) is 11.6 Å². The SMILES string of the molecule is CC(C)c1cccc(C(C)C)c1NC(=O)CNc1ccc(F)c(Cl)c1. The predicted molar refractivity (Wildman–Crippen MR) is 103 cm³/mol. The molecule has 0 aliphatic carbocycles. The molecule has 0 unspecified atom stereocenters. The van der Waals surface area contributed by atoms with E-state index in [2.05, 4.69) is 38.3 Å². The van der Waals surface area contributed by atoms with Gasteiger partial charge in [-0.15, -0.1) is 0 Å². The van der Waals surface area contributed by atoms with Crippen LogP contribution in [0.3, 0.4) is 0 Å². The second-order valence-corrected chi connectivity index (χ2v) is 7.06. The molecule has 0 saturated carbocycles. The molecule has 0 bridgehead atoms. The van der Waals surface area contributed by atoms with Gasteiger partial charge in [0, 0.05) is 11.4 Å². The second-order valence-electron chi connectivity index (χ2n) is 6.65. The van der Waals surface area contributed by atoms with E-state index in [0.717, 1.165) is 16.8 Å². The molecule has 1 amide bonds. The fourth-order valence-corrected chi connectivity index (χ4v) is 2.85. The summed E-state index contributed by atoms with van der Waals surface area (Å²) in [5.41, 5.74) is 3.72. The quantitative estimate of drug-likeness (QED) is 0.684. The zero-order chi connectivity index (χ0) is 18.6. The molecule has 0 aliphatic heterocycles. The van der Waals surface area contributed by atoms with E-state index in [0.29, 0.717) is 17.5 Å². The van der Waals surface area contributed by atoms with Crippen molar-refractivity contribution in [2.24, 2.45) is 0 Å². The zero-order valence-electron chi connectivity index (χ0n) is 15.0. The Kier molecular flexibility index (Phi) is 6.43. The van der Waals surface area contributed by atoms with Crippen LogP contribution >= 0.6 is 11.6 Å². The normalized spacial score (nSPS) is 11.0. The highest BCUT2D eigenvalue weighted by Crippen LogP contribution is 2.32. The van der Waals surface area contributed by atoms with E-state index in [1.165, 1.54) is 12.1 Å². The largest absolute Gasteiger partial charge is 0.376 e. The van der Waals surface area contributed by atoms with Crippen LogP contribution in [0.25, 0.3) is 0 Å². The Labute approximate surface area is 153 Å². The average Bonchev–Trinajstić information content (AvgIpc) is 2.55. The lowest BCUT2D eigenvalue weighted by molar-refractivity contribution is -0.114. The van der Waals surface area contributed by atoms with Gasteiger partial charge >= 0.3 is 0 Å². The number of halogens is 2. The summed E-state index contributed by atoms with van der Waals surface area (Å²) in [6, 6.07) is 10.4. The van der Waals surface area contributed by atoms with E-state index < -0.39 is 5.82 Å². The van der Waals surface area contributed by atoms with Crippen LogP contribution in [0, 0.1) is 5.82 Å². The first-order valence-electron chi connectivity index (χ1n) is 8.41. The summed E-state index contributed by atoms with van der Waals surface area (Å²) in [5.74, 6) is -0.0321. The molecule has 0 aliphatic rings. The molecule has 2 aromatic carbocycles. The van der Waals surface area contributed by atoms with Crippen molar-refractivity contribution in [3.8, 4) is 0 Å². The van der Waals surface area contributed by atoms with E-state index in [-0.39, 0.29) is 17.5 Å². The predicted octanol–water partition coefficient (Wildman–Crippen LogP) is 5.78. The number of hydrogen-bond acceptors (Lipinski definition) is 2. The lowest BCUT2D eigenvalue weighted by atomic mass is 9.92. The first kappa shape index (κ1) is 19.3. The molecule has 0 radical (unpaired) electrons. The highest BCUT2D eigenvalue weighted by atomic mass is 35.5. The summed E-state index contributed by atoms with van der Waals surface area (Å²) in [5, 5.41) is 6.02. The van der Waals surface area contributed by atoms with Gasteiger partial charge in [0.15, 0.2) is 0 Å². The van der Waals surface area contributed by atoms with Crippen molar-refractivity contribution in [3.05, 3.63) is 58.4 Å². The number of nitrogens with one attached hydrogen (secondary N) is 2. The van der Waals surface area contributed by atoms with E-state index >= 15 is 0 Å². The van der Waals surface area contributed by atoms with Gasteiger partial charge in [0.2, 0.25) is 5.91 Å². The number of carbonyl (C=O) groups excluding carboxylic acids is 1. The lowest BCUT2D eigenvalue weighted by Crippen LogP contribution is -2.23. The molecule has 3 nitrogen and oxygen atoms in total. The molecule has 2 aromatic rings. The summed E-state index contributed by atoms with van der Waals surface area (Å²) in [4.78, 5) is 12.4. The van der Waals surface area contributed by atoms with Crippen molar-refractivity contribution in [1.82, 2.24) is 0 Å². The van der Waals surface area contributed by atoms with Crippen LogP contribution in [0.15, 0.2) is 36.4 Å². The number of hydrogen-bond donors (Lipinski definition) is 2. The van der Waals surface area contributed by atoms with Crippen molar-refractivity contribution in [3.63, 3.8) is 0 Å². The van der Waals surface area contributed by atoms with Crippen LogP contribution in [0.5, 0.6) is 0 Å². The van der Waals surface area contributed by atoms with Crippen molar-refractivity contribution in [2.75, 3.05) is 17.2 Å². The molecule has 0 saturated heterocycles. The Balaban J connectivity index is 2.13. The van der Waals surface area contributed by atoms with E-state index in [1.807, 2.05) is 18.2 Å². The summed E-state index contributed by atoms with van der Waals surface area (Å²) < 4.78 is 13.2. The van der Waals surface area contributed by atoms with Gasteiger partial charge in [0.1, 0.15) is 5.82 Å². The minimum absolute atomic E-state index is 0.0256. The summed E-state index contributed by atoms with van der Waals surface area (Å²) >= 11 is 5.75. The monoisotopic (exact) mass is 362 g/mol. The third-order valence-electron chi connectivity index (χ3n) is 4.01. The highest BCUT2D eigenvalue weighted by molar-refractivity contribution is 6.31. The van der Waals surface area contributed by atoms with Crippen LogP contribution in [-0.4, -0.2) is 12.5 Å². The lowest BCUT2D eigenvalue weighted by Gasteiger charge is -2.20. The third-order valence-corrected chi connectivity index (χ3v) is 4.30. The van der Waals surface area contributed by atoms with Gasteiger partial charge in [-0.1, -0.05) is 57.5 Å². The Morgan fingerprint density at radius 1 is 1.08 bits per heavy atom. The smallest absolute Gasteiger partial charge is 0.243 e. The molecular weight excluding hydrogens is 339 g/mol. The van der Waals surface area contributed by atoms with Crippen LogP contribution in [0.4, 0.5) is 15.8 Å². The molecule has 134 valence electrons. The van der Waals surface area contributed by atoms with Gasteiger partial charge in [-0.25, -0.2) is 4.39 Å².